The second-order valence-electron chi connectivity index (χ2n) is 14.4. The van der Waals surface area contributed by atoms with Gasteiger partial charge < -0.3 is 35.0 Å². The summed E-state index contributed by atoms with van der Waals surface area (Å²) in [4.78, 5) is 61.5. The van der Waals surface area contributed by atoms with Crippen LogP contribution in [0.25, 0.3) is 10.9 Å². The molecule has 0 bridgehead atoms. The zero-order valence-corrected chi connectivity index (χ0v) is 30.9. The predicted molar refractivity (Wildman–Crippen MR) is 205 cm³/mol. The largest absolute Gasteiger partial charge is 0.508 e. The number of urea groups is 1. The van der Waals surface area contributed by atoms with E-state index < -0.39 is 18.2 Å². The highest BCUT2D eigenvalue weighted by Crippen LogP contribution is 2.32. The summed E-state index contributed by atoms with van der Waals surface area (Å²) < 4.78 is 1.93. The number of aromatic hydroxyl groups is 1. The van der Waals surface area contributed by atoms with Crippen molar-refractivity contribution in [1.82, 2.24) is 39.9 Å². The van der Waals surface area contributed by atoms with Crippen molar-refractivity contribution in [2.75, 3.05) is 39.8 Å². The van der Waals surface area contributed by atoms with Crippen LogP contribution in [0.2, 0.25) is 0 Å². The van der Waals surface area contributed by atoms with Crippen LogP contribution in [-0.2, 0) is 36.1 Å². The van der Waals surface area contributed by atoms with Gasteiger partial charge in [-0.25, -0.2) is 14.8 Å². The van der Waals surface area contributed by atoms with Gasteiger partial charge >= 0.3 is 6.03 Å². The van der Waals surface area contributed by atoms with E-state index in [0.717, 1.165) is 34.1 Å². The fraction of sp³-hybridized carbons (Fsp3) is 0.366. The minimum atomic E-state index is -0.918. The van der Waals surface area contributed by atoms with E-state index in [-0.39, 0.29) is 62.6 Å². The van der Waals surface area contributed by atoms with Crippen molar-refractivity contribution >= 4 is 34.7 Å². The first-order valence-corrected chi connectivity index (χ1v) is 18.5. The Labute approximate surface area is 315 Å². The zero-order valence-electron chi connectivity index (χ0n) is 30.9. The number of nitrogens with zero attached hydrogens (tertiary/aromatic N) is 6. The zero-order chi connectivity index (χ0) is 37.9. The number of hydrogen-bond donors (Lipinski definition) is 3. The van der Waals surface area contributed by atoms with Crippen LogP contribution in [0.15, 0.2) is 91.6 Å². The summed E-state index contributed by atoms with van der Waals surface area (Å²) in [5.74, 6) is -0.498. The molecule has 2 atom stereocenters. The number of aromatic nitrogens is 1. The molecule has 3 N–H and O–H groups in total. The highest BCUT2D eigenvalue weighted by molar-refractivity contribution is 6.07. The van der Waals surface area contributed by atoms with Crippen molar-refractivity contribution < 1.29 is 24.3 Å². The number of fused-ring (bicyclic) bond motifs is 2. The quantitative estimate of drug-likeness (QED) is 0.180. The Hall–Kier alpha value is -5.66. The van der Waals surface area contributed by atoms with Gasteiger partial charge in [-0.15, -0.1) is 6.58 Å². The predicted octanol–water partition coefficient (Wildman–Crippen LogP) is 3.44. The van der Waals surface area contributed by atoms with E-state index >= 15 is 0 Å². The topological polar surface area (TPSA) is 134 Å². The van der Waals surface area contributed by atoms with Crippen LogP contribution in [0.4, 0.5) is 4.79 Å². The minimum absolute atomic E-state index is 0.0619. The second-order valence-corrected chi connectivity index (χ2v) is 14.4. The number of nitrogens with one attached hydrogen (secondary N) is 2. The normalized spacial score (nSPS) is 18.9. The molecule has 282 valence electrons. The summed E-state index contributed by atoms with van der Waals surface area (Å²) in [5, 5.41) is 20.5. The van der Waals surface area contributed by atoms with Crippen LogP contribution < -0.4 is 10.6 Å². The van der Waals surface area contributed by atoms with Crippen molar-refractivity contribution in [2.24, 2.45) is 7.05 Å². The third-order valence-corrected chi connectivity index (χ3v) is 10.5. The summed E-state index contributed by atoms with van der Waals surface area (Å²) >= 11 is 0. The maximum absolute atomic E-state index is 14.6. The van der Waals surface area contributed by atoms with Crippen LogP contribution in [0.5, 0.6) is 5.75 Å². The molecule has 0 unspecified atom stereocenters. The number of carbonyl (C=O) groups is 4. The van der Waals surface area contributed by atoms with Gasteiger partial charge in [-0.05, 0) is 41.7 Å². The SMILES string of the molecule is C=CCN1CC(=O)N2[C@@H](Cc3ccc(O)cc3)C(=O)N(Cc3cccc4c(C(=O)N(C)CCNC5CC5)cn(C)c34)C[C@@H]2N1C(=O)NCc1ccccc1. The second kappa shape index (κ2) is 15.7. The number of piperazine rings is 1. The maximum atomic E-state index is 14.6. The molecule has 4 aromatic rings. The molecule has 5 amide bonds. The number of aryl methyl sites for hydroxylation is 1. The molecule has 2 aliphatic heterocycles. The number of likely N-dealkylation sites (N-methyl/N-ethyl adjacent to an activating group) is 1. The van der Waals surface area contributed by atoms with E-state index in [1.54, 1.807) is 55.1 Å². The number of benzene rings is 3. The number of para-hydroxylation sites is 1. The van der Waals surface area contributed by atoms with Crippen molar-refractivity contribution in [1.29, 1.82) is 0 Å². The Kier molecular flexibility index (Phi) is 10.7. The summed E-state index contributed by atoms with van der Waals surface area (Å²) in [6.45, 7) is 5.87. The third kappa shape index (κ3) is 7.68. The molecule has 54 heavy (non-hydrogen) atoms. The number of rotatable bonds is 13. The van der Waals surface area contributed by atoms with Crippen molar-refractivity contribution in [3.05, 3.63) is 114 Å². The van der Waals surface area contributed by atoms with Gasteiger partial charge in [-0.2, -0.15) is 0 Å². The Morgan fingerprint density at radius 3 is 2.48 bits per heavy atom. The summed E-state index contributed by atoms with van der Waals surface area (Å²) in [6.07, 6.45) is 5.24. The summed E-state index contributed by atoms with van der Waals surface area (Å²) in [5.41, 5.74) is 3.94. The molecule has 13 nitrogen and oxygen atoms in total. The number of hydrazine groups is 1. The van der Waals surface area contributed by atoms with Crippen LogP contribution in [-0.4, -0.2) is 116 Å². The van der Waals surface area contributed by atoms with E-state index in [9.17, 15) is 24.3 Å². The van der Waals surface area contributed by atoms with E-state index in [0.29, 0.717) is 18.2 Å². The molecule has 13 heteroatoms. The number of phenols is 1. The van der Waals surface area contributed by atoms with Gasteiger partial charge in [0.2, 0.25) is 11.8 Å². The Morgan fingerprint density at radius 2 is 1.76 bits per heavy atom. The van der Waals surface area contributed by atoms with Crippen LogP contribution in [0, 0.1) is 0 Å². The number of amides is 5. The Balaban J connectivity index is 1.21. The van der Waals surface area contributed by atoms with Crippen LogP contribution in [0.1, 0.15) is 39.9 Å². The van der Waals surface area contributed by atoms with E-state index in [1.165, 1.54) is 12.8 Å². The number of carbonyl (C=O) groups excluding carboxylic acids is 4. The van der Waals surface area contributed by atoms with Crippen LogP contribution >= 0.6 is 0 Å². The molecule has 0 radical (unpaired) electrons. The average Bonchev–Trinajstić information content (AvgIpc) is 3.93. The van der Waals surface area contributed by atoms with Gasteiger partial charge in [0.25, 0.3) is 5.91 Å². The lowest BCUT2D eigenvalue weighted by atomic mass is 9.98. The van der Waals surface area contributed by atoms with Crippen molar-refractivity contribution in [3.8, 4) is 5.75 Å². The van der Waals surface area contributed by atoms with Gasteiger partial charge in [0.1, 0.15) is 18.0 Å². The van der Waals surface area contributed by atoms with E-state index in [1.807, 2.05) is 73.4 Å². The average molecular weight is 733 g/mol. The van der Waals surface area contributed by atoms with Crippen LogP contribution in [0.3, 0.4) is 0 Å². The standard InChI is InChI=1S/C41H48N8O5/c1-4-20-47-27-37(51)48-35(22-28-13-17-32(50)18-14-28)40(53)46(26-36(48)49(47)41(54)43-23-29-9-6-5-7-10-29)24-30-11-8-12-33-34(25-45(3)38(30)33)39(52)44(2)21-19-42-31-15-16-31/h4-14,17-18,25,31,35-36,42,50H,1,15-16,19-24,26-27H2,2-3H3,(H,43,54)/t35-,36-/m0/s1. The third-order valence-electron chi connectivity index (χ3n) is 10.5. The summed E-state index contributed by atoms with van der Waals surface area (Å²) in [6, 6.07) is 21.2. The molecule has 0 spiro atoms. The Morgan fingerprint density at radius 1 is 1.00 bits per heavy atom. The fourth-order valence-corrected chi connectivity index (χ4v) is 7.64. The summed E-state index contributed by atoms with van der Waals surface area (Å²) in [7, 11) is 3.71. The van der Waals surface area contributed by atoms with Gasteiger partial charge in [0.05, 0.1) is 24.2 Å². The highest BCUT2D eigenvalue weighted by Gasteiger charge is 2.51. The first kappa shape index (κ1) is 36.7. The molecule has 1 aromatic heterocycles. The molecule has 1 saturated carbocycles. The molecule has 2 saturated heterocycles. The molecule has 7 rings (SSSR count). The minimum Gasteiger partial charge on any atom is -0.508 e. The lowest BCUT2D eigenvalue weighted by molar-refractivity contribution is -0.189. The van der Waals surface area contributed by atoms with Crippen molar-refractivity contribution in [2.45, 2.75) is 50.6 Å². The molecular weight excluding hydrogens is 685 g/mol. The molecule has 3 fully saturated rings. The van der Waals surface area contributed by atoms with E-state index in [4.69, 9.17) is 0 Å². The smallest absolute Gasteiger partial charge is 0.334 e. The van der Waals surface area contributed by atoms with Gasteiger partial charge in [0, 0.05) is 70.9 Å². The Bertz CT molecular complexity index is 2030. The molecule has 3 heterocycles. The lowest BCUT2D eigenvalue weighted by Gasteiger charge is -2.55. The van der Waals surface area contributed by atoms with Gasteiger partial charge in [-0.1, -0.05) is 66.7 Å². The number of hydrogen-bond acceptors (Lipinski definition) is 7. The molecule has 3 aromatic carbocycles. The first-order chi connectivity index (χ1) is 26.1. The van der Waals surface area contributed by atoms with Crippen molar-refractivity contribution in [3.63, 3.8) is 0 Å². The maximum Gasteiger partial charge on any atom is 0.334 e. The fourth-order valence-electron chi connectivity index (χ4n) is 7.64. The van der Waals surface area contributed by atoms with E-state index in [2.05, 4.69) is 17.2 Å². The van der Waals surface area contributed by atoms with Gasteiger partial charge in [-0.3, -0.25) is 14.4 Å². The molecule has 3 aliphatic rings. The first-order valence-electron chi connectivity index (χ1n) is 18.5. The lowest BCUT2D eigenvalue weighted by Crippen LogP contribution is -2.76. The molecule has 1 aliphatic carbocycles. The molecular formula is C41H48N8O5. The monoisotopic (exact) mass is 732 g/mol. The highest BCUT2D eigenvalue weighted by atomic mass is 16.3. The van der Waals surface area contributed by atoms with Gasteiger partial charge in [0.15, 0.2) is 0 Å². The number of phenolic OH excluding ortho intramolecular Hbond substituents is 1.